The van der Waals surface area contributed by atoms with Gasteiger partial charge in [0, 0.05) is 26.7 Å². The summed E-state index contributed by atoms with van der Waals surface area (Å²) in [6.07, 6.45) is 4.80. The second-order valence-corrected chi connectivity index (χ2v) is 7.44. The Balaban J connectivity index is 1.51. The lowest BCUT2D eigenvalue weighted by Crippen LogP contribution is -2.42. The summed E-state index contributed by atoms with van der Waals surface area (Å²) in [5.74, 6) is 0.801. The maximum Gasteiger partial charge on any atom is 0.291 e. The number of aromatic nitrogens is 1. The zero-order valence-electron chi connectivity index (χ0n) is 16.1. The molecule has 1 aromatic carbocycles. The van der Waals surface area contributed by atoms with Crippen LogP contribution in [-0.4, -0.2) is 53.9 Å². The van der Waals surface area contributed by atoms with E-state index in [1.807, 2.05) is 7.05 Å². The van der Waals surface area contributed by atoms with Crippen molar-refractivity contribution in [3.63, 3.8) is 0 Å². The Kier molecular flexibility index (Phi) is 6.09. The molecule has 3 rings (SSSR count). The van der Waals surface area contributed by atoms with Gasteiger partial charge in [0.15, 0.2) is 6.39 Å². The summed E-state index contributed by atoms with van der Waals surface area (Å²) >= 11 is 0. The molecule has 0 aliphatic carbocycles. The van der Waals surface area contributed by atoms with Gasteiger partial charge < -0.3 is 14.2 Å². The van der Waals surface area contributed by atoms with E-state index < -0.39 is 0 Å². The summed E-state index contributed by atoms with van der Waals surface area (Å²) in [6, 6.07) is 8.62. The molecule has 140 valence electrons. The molecule has 1 aliphatic rings. The highest BCUT2D eigenvalue weighted by Gasteiger charge is 2.25. The van der Waals surface area contributed by atoms with Crippen molar-refractivity contribution >= 4 is 5.91 Å². The van der Waals surface area contributed by atoms with Gasteiger partial charge in [-0.15, -0.1) is 0 Å². The molecule has 0 saturated carbocycles. The second kappa shape index (κ2) is 8.49. The normalized spacial score (nSPS) is 18.0. The Labute approximate surface area is 156 Å². The third-order valence-electron chi connectivity index (χ3n) is 5.38. The summed E-state index contributed by atoms with van der Waals surface area (Å²) < 4.78 is 5.24. The number of carbonyl (C=O) groups is 1. The number of carbonyl (C=O) groups excluding carboxylic acids is 1. The number of hydrogen-bond donors (Lipinski definition) is 0. The van der Waals surface area contributed by atoms with Gasteiger partial charge in [-0.1, -0.05) is 24.3 Å². The number of aryl methyl sites for hydroxylation is 2. The number of benzene rings is 1. The molecular weight excluding hydrogens is 326 g/mol. The van der Waals surface area contributed by atoms with Gasteiger partial charge in [0.05, 0.1) is 5.69 Å². The van der Waals surface area contributed by atoms with Crippen molar-refractivity contribution in [3.8, 4) is 0 Å². The highest BCUT2D eigenvalue weighted by molar-refractivity contribution is 5.92. The van der Waals surface area contributed by atoms with Gasteiger partial charge in [-0.3, -0.25) is 4.79 Å². The maximum atomic E-state index is 12.5. The van der Waals surface area contributed by atoms with Crippen LogP contribution in [0.5, 0.6) is 0 Å². The van der Waals surface area contributed by atoms with Crippen molar-refractivity contribution in [3.05, 3.63) is 53.2 Å². The van der Waals surface area contributed by atoms with Crippen LogP contribution < -0.4 is 0 Å². The smallest absolute Gasteiger partial charge is 0.291 e. The lowest BCUT2D eigenvalue weighted by molar-refractivity contribution is 0.0699. The number of hydrogen-bond acceptors (Lipinski definition) is 4. The fourth-order valence-electron chi connectivity index (χ4n) is 3.82. The Bertz CT molecular complexity index is 740. The molecule has 2 aromatic rings. The molecular formula is C21H29N3O2. The highest BCUT2D eigenvalue weighted by atomic mass is 16.3. The topological polar surface area (TPSA) is 49.6 Å². The van der Waals surface area contributed by atoms with Gasteiger partial charge in [0.2, 0.25) is 5.76 Å². The van der Waals surface area contributed by atoms with Gasteiger partial charge in [0.25, 0.3) is 5.91 Å². The number of rotatable bonds is 6. The Morgan fingerprint density at radius 2 is 2.15 bits per heavy atom. The largest absolute Gasteiger partial charge is 0.438 e. The molecule has 1 aliphatic heterocycles. The molecule has 1 saturated heterocycles. The monoisotopic (exact) mass is 355 g/mol. The Morgan fingerprint density at radius 3 is 2.88 bits per heavy atom. The van der Waals surface area contributed by atoms with Crippen LogP contribution in [0, 0.1) is 19.8 Å². The Hall–Kier alpha value is -2.14. The van der Waals surface area contributed by atoms with E-state index in [9.17, 15) is 4.79 Å². The van der Waals surface area contributed by atoms with Gasteiger partial charge in [-0.2, -0.15) is 0 Å². The summed E-state index contributed by atoms with van der Waals surface area (Å²) in [5.41, 5.74) is 3.46. The van der Waals surface area contributed by atoms with Crippen molar-refractivity contribution in [1.29, 1.82) is 0 Å². The van der Waals surface area contributed by atoms with E-state index in [4.69, 9.17) is 4.42 Å². The number of likely N-dealkylation sites (tertiary alicyclic amines) is 1. The second-order valence-electron chi connectivity index (χ2n) is 7.44. The molecule has 0 unspecified atom stereocenters. The average molecular weight is 355 g/mol. The molecule has 2 heterocycles. The molecule has 1 aromatic heterocycles. The zero-order chi connectivity index (χ0) is 18.5. The minimum Gasteiger partial charge on any atom is -0.438 e. The lowest BCUT2D eigenvalue weighted by Gasteiger charge is -2.34. The fourth-order valence-corrected chi connectivity index (χ4v) is 3.82. The number of nitrogens with zero attached hydrogens (tertiary/aromatic N) is 3. The molecule has 0 N–H and O–H groups in total. The van der Waals surface area contributed by atoms with Crippen LogP contribution >= 0.6 is 0 Å². The van der Waals surface area contributed by atoms with Crippen LogP contribution in [0.4, 0.5) is 0 Å². The highest BCUT2D eigenvalue weighted by Crippen LogP contribution is 2.19. The third-order valence-corrected chi connectivity index (χ3v) is 5.38. The predicted molar refractivity (Wildman–Crippen MR) is 102 cm³/mol. The summed E-state index contributed by atoms with van der Waals surface area (Å²) in [6.45, 7) is 8.04. The number of piperidine rings is 1. The lowest BCUT2D eigenvalue weighted by atomic mass is 9.96. The van der Waals surface area contributed by atoms with Crippen LogP contribution in [0.1, 0.15) is 40.2 Å². The van der Waals surface area contributed by atoms with E-state index in [0.29, 0.717) is 17.4 Å². The molecule has 0 radical (unpaired) electrons. The van der Waals surface area contributed by atoms with Crippen LogP contribution in [0.3, 0.4) is 0 Å². The van der Waals surface area contributed by atoms with E-state index in [0.717, 1.165) is 32.6 Å². The van der Waals surface area contributed by atoms with Gasteiger partial charge in [0.1, 0.15) is 0 Å². The SMILES string of the molecule is Cc1ccccc1CCN1CCC[C@H](CN(C)C(=O)c2ocnc2C)C1. The molecule has 1 amide bonds. The first-order valence-electron chi connectivity index (χ1n) is 9.47. The minimum atomic E-state index is -0.0722. The van der Waals surface area contributed by atoms with E-state index in [2.05, 4.69) is 41.1 Å². The van der Waals surface area contributed by atoms with E-state index in [1.54, 1.807) is 11.8 Å². The van der Waals surface area contributed by atoms with Crippen LogP contribution in [0.2, 0.25) is 0 Å². The first-order valence-corrected chi connectivity index (χ1v) is 9.47. The molecule has 0 spiro atoms. The van der Waals surface area contributed by atoms with Crippen LogP contribution in [-0.2, 0) is 6.42 Å². The van der Waals surface area contributed by atoms with Gasteiger partial charge >= 0.3 is 0 Å². The standard InChI is InChI=1S/C21H29N3O2/c1-16-7-4-5-9-19(16)10-12-24-11-6-8-18(14-24)13-23(3)21(25)20-17(2)22-15-26-20/h4-5,7,9,15,18H,6,8,10-14H2,1-3H3/t18-/m1/s1. The predicted octanol–water partition coefficient (Wildman–Crippen LogP) is 3.32. The third kappa shape index (κ3) is 4.52. The molecule has 26 heavy (non-hydrogen) atoms. The van der Waals surface area contributed by atoms with Gasteiger partial charge in [-0.05, 0) is 56.7 Å². The zero-order valence-corrected chi connectivity index (χ0v) is 16.1. The fraction of sp³-hybridized carbons (Fsp3) is 0.524. The molecule has 5 nitrogen and oxygen atoms in total. The van der Waals surface area contributed by atoms with Crippen LogP contribution in [0.25, 0.3) is 0 Å². The molecule has 1 atom stereocenters. The van der Waals surface area contributed by atoms with E-state index in [-0.39, 0.29) is 5.91 Å². The molecule has 0 bridgehead atoms. The number of amides is 1. The Morgan fingerprint density at radius 1 is 1.35 bits per heavy atom. The summed E-state index contributed by atoms with van der Waals surface area (Å²) in [4.78, 5) is 20.8. The summed E-state index contributed by atoms with van der Waals surface area (Å²) in [7, 11) is 1.86. The van der Waals surface area contributed by atoms with Gasteiger partial charge in [-0.25, -0.2) is 4.98 Å². The van der Waals surface area contributed by atoms with Crippen molar-refractivity contribution in [1.82, 2.24) is 14.8 Å². The van der Waals surface area contributed by atoms with Crippen molar-refractivity contribution in [2.45, 2.75) is 33.1 Å². The van der Waals surface area contributed by atoms with E-state index in [1.165, 1.54) is 30.4 Å². The minimum absolute atomic E-state index is 0.0722. The number of oxazole rings is 1. The summed E-state index contributed by atoms with van der Waals surface area (Å²) in [5, 5.41) is 0. The van der Waals surface area contributed by atoms with Crippen molar-refractivity contribution in [2.24, 2.45) is 5.92 Å². The maximum absolute atomic E-state index is 12.5. The van der Waals surface area contributed by atoms with E-state index >= 15 is 0 Å². The molecule has 5 heteroatoms. The van der Waals surface area contributed by atoms with Crippen molar-refractivity contribution < 1.29 is 9.21 Å². The quantitative estimate of drug-likeness (QED) is 0.798. The van der Waals surface area contributed by atoms with Crippen molar-refractivity contribution in [2.75, 3.05) is 33.2 Å². The molecule has 1 fully saturated rings. The van der Waals surface area contributed by atoms with Crippen LogP contribution in [0.15, 0.2) is 35.1 Å². The average Bonchev–Trinajstić information content (AvgIpc) is 3.06. The first kappa shape index (κ1) is 18.6. The first-order chi connectivity index (χ1) is 12.5.